The lowest BCUT2D eigenvalue weighted by atomic mass is 10.0. The van der Waals surface area contributed by atoms with E-state index in [0.29, 0.717) is 0 Å². The van der Waals surface area contributed by atoms with E-state index < -0.39 is 0 Å². The zero-order valence-corrected chi connectivity index (χ0v) is 17.9. The molecule has 1 heteroatoms. The summed E-state index contributed by atoms with van der Waals surface area (Å²) in [4.78, 5) is 2.54. The van der Waals surface area contributed by atoms with Crippen molar-refractivity contribution < 1.29 is 0 Å². The van der Waals surface area contributed by atoms with Crippen LogP contribution in [0.5, 0.6) is 0 Å². The number of nitrogens with zero attached hydrogens (tertiary/aromatic N) is 1. The third-order valence-corrected chi connectivity index (χ3v) is 5.37. The molecule has 31 heavy (non-hydrogen) atoms. The summed E-state index contributed by atoms with van der Waals surface area (Å²) in [6.45, 7) is 2.78. The van der Waals surface area contributed by atoms with Gasteiger partial charge in [0.1, 0.15) is 0 Å². The molecule has 0 N–H and O–H groups in total. The van der Waals surface area contributed by atoms with Gasteiger partial charge in [-0.1, -0.05) is 133 Å². The highest BCUT2D eigenvalue weighted by Crippen LogP contribution is 2.18. The van der Waals surface area contributed by atoms with E-state index in [4.69, 9.17) is 0 Å². The van der Waals surface area contributed by atoms with Crippen LogP contribution in [0.1, 0.15) is 22.3 Å². The lowest BCUT2D eigenvalue weighted by molar-refractivity contribution is 0.278. The molecule has 0 heterocycles. The smallest absolute Gasteiger partial charge is 0.0240 e. The van der Waals surface area contributed by atoms with Crippen LogP contribution >= 0.6 is 0 Å². The van der Waals surface area contributed by atoms with E-state index >= 15 is 0 Å². The van der Waals surface area contributed by atoms with E-state index in [-0.39, 0.29) is 0 Å². The maximum Gasteiger partial charge on any atom is 0.0240 e. The van der Waals surface area contributed by atoms with Gasteiger partial charge in [-0.25, -0.2) is 0 Å². The second-order valence-electron chi connectivity index (χ2n) is 7.99. The summed E-state index contributed by atoms with van der Waals surface area (Å²) >= 11 is 0. The topological polar surface area (TPSA) is 3.24 Å². The average molecular weight is 404 g/mol. The molecule has 0 radical (unpaired) electrons. The minimum absolute atomic E-state index is 0.924. The Morgan fingerprint density at radius 2 is 0.935 bits per heavy atom. The zero-order chi connectivity index (χ0) is 21.1. The van der Waals surface area contributed by atoms with E-state index in [1.807, 2.05) is 0 Å². The third-order valence-electron chi connectivity index (χ3n) is 5.37. The van der Waals surface area contributed by atoms with Gasteiger partial charge in [0.2, 0.25) is 0 Å². The molecule has 4 aromatic carbocycles. The summed E-state index contributed by atoms with van der Waals surface area (Å²) in [6, 6.07) is 43.0. The molecule has 0 unspecified atom stereocenters. The van der Waals surface area contributed by atoms with Crippen LogP contribution < -0.4 is 0 Å². The van der Waals surface area contributed by atoms with E-state index in [2.05, 4.69) is 132 Å². The number of hydrogen-bond donors (Lipinski definition) is 0. The second-order valence-corrected chi connectivity index (χ2v) is 7.99. The highest BCUT2D eigenvalue weighted by Gasteiger charge is 2.11. The quantitative estimate of drug-likeness (QED) is 0.290. The monoisotopic (exact) mass is 403 g/mol. The first kappa shape index (κ1) is 20.8. The van der Waals surface area contributed by atoms with Crippen molar-refractivity contribution in [3.05, 3.63) is 149 Å². The molecule has 0 aliphatic rings. The highest BCUT2D eigenvalue weighted by atomic mass is 15.1. The summed E-state index contributed by atoms with van der Waals surface area (Å²) < 4.78 is 0. The molecule has 0 aromatic heterocycles. The molecule has 0 saturated carbocycles. The van der Waals surface area contributed by atoms with Gasteiger partial charge in [0, 0.05) is 19.6 Å². The first-order valence-corrected chi connectivity index (χ1v) is 10.9. The minimum Gasteiger partial charge on any atom is -0.291 e. The minimum atomic E-state index is 0.924. The van der Waals surface area contributed by atoms with E-state index in [9.17, 15) is 0 Å². The van der Waals surface area contributed by atoms with Crippen LogP contribution in [0.2, 0.25) is 0 Å². The lowest BCUT2D eigenvalue weighted by Crippen LogP contribution is -2.26. The van der Waals surface area contributed by atoms with Gasteiger partial charge in [0.25, 0.3) is 0 Å². The Bertz CT molecular complexity index is 1010. The number of hydrogen-bond acceptors (Lipinski definition) is 1. The van der Waals surface area contributed by atoms with Crippen molar-refractivity contribution in [1.82, 2.24) is 4.90 Å². The average Bonchev–Trinajstić information content (AvgIpc) is 2.82. The fraction of sp³-hybridized carbons (Fsp3) is 0.133. The van der Waals surface area contributed by atoms with Gasteiger partial charge >= 0.3 is 0 Å². The SMILES string of the molecule is C(=C(\Cc1ccccc1)CN(Cc1ccccc1)Cc1ccccc1)/c1ccccc1. The lowest BCUT2D eigenvalue weighted by Gasteiger charge is -2.24. The molecule has 0 saturated heterocycles. The van der Waals surface area contributed by atoms with Crippen LogP contribution in [0.15, 0.2) is 127 Å². The summed E-state index contributed by atoms with van der Waals surface area (Å²) in [5.74, 6) is 0. The van der Waals surface area contributed by atoms with Crippen LogP contribution in [0.3, 0.4) is 0 Å². The maximum absolute atomic E-state index is 2.54. The summed E-state index contributed by atoms with van der Waals surface area (Å²) in [5.41, 5.74) is 6.72. The molecule has 0 atom stereocenters. The molecule has 0 bridgehead atoms. The molecule has 1 nitrogen and oxygen atoms in total. The van der Waals surface area contributed by atoms with Gasteiger partial charge < -0.3 is 0 Å². The van der Waals surface area contributed by atoms with E-state index in [1.165, 1.54) is 27.8 Å². The Balaban J connectivity index is 1.61. The normalized spacial score (nSPS) is 11.6. The van der Waals surface area contributed by atoms with Gasteiger partial charge in [0.15, 0.2) is 0 Å². The molecule has 0 fully saturated rings. The van der Waals surface area contributed by atoms with Crippen LogP contribution in [0, 0.1) is 0 Å². The van der Waals surface area contributed by atoms with Gasteiger partial charge in [-0.15, -0.1) is 0 Å². The summed E-state index contributed by atoms with van der Waals surface area (Å²) in [7, 11) is 0. The highest BCUT2D eigenvalue weighted by molar-refractivity contribution is 5.54. The van der Waals surface area contributed by atoms with Crippen LogP contribution in [-0.4, -0.2) is 11.4 Å². The van der Waals surface area contributed by atoms with Crippen LogP contribution in [0.4, 0.5) is 0 Å². The molecule has 4 rings (SSSR count). The third kappa shape index (κ3) is 6.80. The Hall–Kier alpha value is -3.42. The first-order valence-electron chi connectivity index (χ1n) is 10.9. The maximum atomic E-state index is 2.54. The number of rotatable bonds is 9. The van der Waals surface area contributed by atoms with Crippen molar-refractivity contribution in [2.45, 2.75) is 19.5 Å². The van der Waals surface area contributed by atoms with Gasteiger partial charge in [-0.05, 0) is 28.7 Å². The van der Waals surface area contributed by atoms with Gasteiger partial charge in [0.05, 0.1) is 0 Å². The van der Waals surface area contributed by atoms with E-state index in [1.54, 1.807) is 0 Å². The molecule has 0 aliphatic heterocycles. The summed E-state index contributed by atoms with van der Waals surface area (Å²) in [5, 5.41) is 0. The molecule has 154 valence electrons. The van der Waals surface area contributed by atoms with Gasteiger partial charge in [-0.2, -0.15) is 0 Å². The predicted molar refractivity (Wildman–Crippen MR) is 132 cm³/mol. The molecular formula is C30H29N. The van der Waals surface area contributed by atoms with Crippen LogP contribution in [-0.2, 0) is 19.5 Å². The Labute approximate surface area is 186 Å². The zero-order valence-electron chi connectivity index (χ0n) is 17.9. The largest absolute Gasteiger partial charge is 0.291 e. The second kappa shape index (κ2) is 11.1. The van der Waals surface area contributed by atoms with Crippen molar-refractivity contribution in [2.75, 3.05) is 6.54 Å². The molecule has 0 spiro atoms. The molecule has 4 aromatic rings. The molecule has 0 amide bonds. The first-order chi connectivity index (χ1) is 15.3. The van der Waals surface area contributed by atoms with Crippen LogP contribution in [0.25, 0.3) is 6.08 Å². The van der Waals surface area contributed by atoms with Crippen molar-refractivity contribution >= 4 is 6.08 Å². The fourth-order valence-corrected chi connectivity index (χ4v) is 3.93. The standard InChI is InChI=1S/C30H29N/c1-5-13-26(14-6-1)21-30(22-27-15-7-2-8-16-27)25-31(23-28-17-9-3-10-18-28)24-29-19-11-4-12-20-29/h1-21H,22-25H2/b30-21-. The Morgan fingerprint density at radius 1 is 0.516 bits per heavy atom. The summed E-state index contributed by atoms with van der Waals surface area (Å²) in [6.07, 6.45) is 3.31. The Morgan fingerprint density at radius 3 is 1.42 bits per heavy atom. The van der Waals surface area contributed by atoms with Gasteiger partial charge in [-0.3, -0.25) is 4.90 Å². The predicted octanol–water partition coefficient (Wildman–Crippen LogP) is 7.02. The van der Waals surface area contributed by atoms with Crippen molar-refractivity contribution in [3.8, 4) is 0 Å². The van der Waals surface area contributed by atoms with E-state index in [0.717, 1.165) is 26.1 Å². The molecular weight excluding hydrogens is 374 g/mol. The Kier molecular flexibility index (Phi) is 7.46. The van der Waals surface area contributed by atoms with Crippen molar-refractivity contribution in [2.24, 2.45) is 0 Å². The molecule has 0 aliphatic carbocycles. The number of benzene rings is 4. The fourth-order valence-electron chi connectivity index (χ4n) is 3.93. The van der Waals surface area contributed by atoms with Crippen molar-refractivity contribution in [1.29, 1.82) is 0 Å². The van der Waals surface area contributed by atoms with Crippen molar-refractivity contribution in [3.63, 3.8) is 0 Å².